The molecule has 2 heterocycles. The van der Waals surface area contributed by atoms with Gasteiger partial charge in [-0.3, -0.25) is 4.98 Å². The molecule has 0 spiro atoms. The molecule has 140 valence electrons. The molecule has 3 rings (SSSR count). The summed E-state index contributed by atoms with van der Waals surface area (Å²) in [5.41, 5.74) is 14.3. The van der Waals surface area contributed by atoms with Crippen LogP contribution in [0, 0.1) is 11.8 Å². The molecule has 28 heavy (non-hydrogen) atoms. The summed E-state index contributed by atoms with van der Waals surface area (Å²) in [5.74, 6) is 6.27. The molecule has 0 aliphatic heterocycles. The van der Waals surface area contributed by atoms with Crippen LogP contribution in [0.2, 0.25) is 0 Å². The zero-order valence-corrected chi connectivity index (χ0v) is 15.0. The van der Waals surface area contributed by atoms with E-state index in [0.29, 0.717) is 29.8 Å². The van der Waals surface area contributed by atoms with E-state index in [-0.39, 0.29) is 17.7 Å². The summed E-state index contributed by atoms with van der Waals surface area (Å²) in [6.07, 6.45) is 5.48. The van der Waals surface area contributed by atoms with Crippen LogP contribution in [0.5, 0.6) is 0 Å². The number of nitrogen functional groups attached to an aromatic ring is 2. The van der Waals surface area contributed by atoms with Gasteiger partial charge in [-0.25, -0.2) is 14.8 Å². The molecule has 0 unspecified atom stereocenters. The van der Waals surface area contributed by atoms with Gasteiger partial charge in [0.1, 0.15) is 23.5 Å². The van der Waals surface area contributed by atoms with Crippen LogP contribution < -0.4 is 22.1 Å². The summed E-state index contributed by atoms with van der Waals surface area (Å²) in [5, 5.41) is 5.59. The zero-order valence-electron chi connectivity index (χ0n) is 15.0. The molecule has 0 fully saturated rings. The number of rotatable bonds is 4. The number of urea groups is 1. The molecule has 0 atom stereocenters. The minimum absolute atomic E-state index is 0.224. The van der Waals surface area contributed by atoms with Gasteiger partial charge in [0.05, 0.1) is 0 Å². The fourth-order valence-electron chi connectivity index (χ4n) is 2.39. The molecule has 0 saturated carbocycles. The molecule has 8 heteroatoms. The van der Waals surface area contributed by atoms with E-state index in [0.717, 1.165) is 5.56 Å². The second-order valence-electron chi connectivity index (χ2n) is 5.84. The number of aromatic nitrogens is 3. The first-order valence-corrected chi connectivity index (χ1v) is 8.53. The third-order valence-corrected chi connectivity index (χ3v) is 3.78. The second-order valence-corrected chi connectivity index (χ2v) is 5.84. The number of pyridine rings is 1. The zero-order chi connectivity index (χ0) is 19.8. The Labute approximate surface area is 162 Å². The number of nitrogens with two attached hydrogens (primary N) is 2. The number of amides is 2. The van der Waals surface area contributed by atoms with Crippen molar-refractivity contribution in [1.82, 2.24) is 20.3 Å². The minimum Gasteiger partial charge on any atom is -0.382 e. The van der Waals surface area contributed by atoms with E-state index in [2.05, 4.69) is 37.4 Å². The van der Waals surface area contributed by atoms with Gasteiger partial charge in [0.2, 0.25) is 0 Å². The lowest BCUT2D eigenvalue weighted by Gasteiger charge is -2.08. The second kappa shape index (κ2) is 9.00. The van der Waals surface area contributed by atoms with Crippen molar-refractivity contribution in [3.8, 4) is 11.8 Å². The molecule has 0 saturated heterocycles. The number of hydrogen-bond donors (Lipinski definition) is 4. The predicted molar refractivity (Wildman–Crippen MR) is 108 cm³/mol. The van der Waals surface area contributed by atoms with Crippen LogP contribution in [-0.4, -0.2) is 27.5 Å². The van der Waals surface area contributed by atoms with Gasteiger partial charge in [0.15, 0.2) is 0 Å². The van der Waals surface area contributed by atoms with Gasteiger partial charge < -0.3 is 22.1 Å². The first-order chi connectivity index (χ1) is 13.6. The molecule has 1 aromatic carbocycles. The van der Waals surface area contributed by atoms with Gasteiger partial charge in [0, 0.05) is 30.2 Å². The van der Waals surface area contributed by atoms with Crippen LogP contribution in [0.1, 0.15) is 16.7 Å². The van der Waals surface area contributed by atoms with E-state index < -0.39 is 0 Å². The molecule has 2 aromatic heterocycles. The van der Waals surface area contributed by atoms with Crippen LogP contribution in [-0.2, 0) is 6.42 Å². The summed E-state index contributed by atoms with van der Waals surface area (Å²) in [4.78, 5) is 23.9. The van der Waals surface area contributed by atoms with E-state index in [1.807, 2.05) is 18.2 Å². The summed E-state index contributed by atoms with van der Waals surface area (Å²) in [6.45, 7) is 0.504. The van der Waals surface area contributed by atoms with Crippen molar-refractivity contribution in [2.45, 2.75) is 6.42 Å². The van der Waals surface area contributed by atoms with Gasteiger partial charge in [0.25, 0.3) is 0 Å². The molecule has 0 aliphatic rings. The number of benzene rings is 1. The Morgan fingerprint density at radius 3 is 2.64 bits per heavy atom. The fourth-order valence-corrected chi connectivity index (χ4v) is 2.39. The molecular weight excluding hydrogens is 354 g/mol. The van der Waals surface area contributed by atoms with Gasteiger partial charge in [-0.1, -0.05) is 24.0 Å². The number of anilines is 3. The van der Waals surface area contributed by atoms with Crippen LogP contribution in [0.25, 0.3) is 0 Å². The highest BCUT2D eigenvalue weighted by Gasteiger charge is 2.04. The normalized spacial score (nSPS) is 9.86. The molecular formula is C20H19N7O. The molecule has 6 N–H and O–H groups in total. The Balaban J connectivity index is 1.59. The Morgan fingerprint density at radius 1 is 1.07 bits per heavy atom. The largest absolute Gasteiger partial charge is 0.382 e. The maximum absolute atomic E-state index is 12.1. The summed E-state index contributed by atoms with van der Waals surface area (Å²) in [7, 11) is 0. The Morgan fingerprint density at radius 2 is 1.89 bits per heavy atom. The smallest absolute Gasteiger partial charge is 0.319 e. The number of carbonyl (C=O) groups excluding carboxylic acids is 1. The Kier molecular flexibility index (Phi) is 6.00. The third-order valence-electron chi connectivity index (χ3n) is 3.78. The maximum Gasteiger partial charge on any atom is 0.319 e. The monoisotopic (exact) mass is 373 g/mol. The third kappa shape index (κ3) is 5.19. The Bertz CT molecular complexity index is 1010. The van der Waals surface area contributed by atoms with Gasteiger partial charge in [-0.2, -0.15) is 0 Å². The van der Waals surface area contributed by atoms with E-state index in [1.165, 1.54) is 6.33 Å². The first kappa shape index (κ1) is 18.7. The average molecular weight is 373 g/mol. The van der Waals surface area contributed by atoms with Crippen LogP contribution in [0.15, 0.2) is 55.1 Å². The minimum atomic E-state index is -0.293. The van der Waals surface area contributed by atoms with Crippen LogP contribution >= 0.6 is 0 Å². The van der Waals surface area contributed by atoms with E-state index in [1.54, 1.807) is 30.6 Å². The lowest BCUT2D eigenvalue weighted by atomic mass is 10.2. The highest BCUT2D eigenvalue weighted by molar-refractivity contribution is 5.89. The summed E-state index contributed by atoms with van der Waals surface area (Å²) >= 11 is 0. The molecule has 0 bridgehead atoms. The maximum atomic E-state index is 12.1. The lowest BCUT2D eigenvalue weighted by molar-refractivity contribution is 0.252. The first-order valence-electron chi connectivity index (χ1n) is 8.53. The molecule has 2 amide bonds. The van der Waals surface area contributed by atoms with Crippen LogP contribution in [0.3, 0.4) is 0 Å². The summed E-state index contributed by atoms with van der Waals surface area (Å²) in [6, 6.07) is 10.7. The van der Waals surface area contributed by atoms with E-state index >= 15 is 0 Å². The topological polar surface area (TPSA) is 132 Å². The molecule has 8 nitrogen and oxygen atoms in total. The quantitative estimate of drug-likeness (QED) is 0.516. The van der Waals surface area contributed by atoms with Crippen molar-refractivity contribution in [2.75, 3.05) is 23.3 Å². The highest BCUT2D eigenvalue weighted by atomic mass is 16.2. The van der Waals surface area contributed by atoms with E-state index in [9.17, 15) is 4.79 Å². The molecule has 0 radical (unpaired) electrons. The predicted octanol–water partition coefficient (Wildman–Crippen LogP) is 1.80. The number of carbonyl (C=O) groups is 1. The number of nitrogens with one attached hydrogen (secondary N) is 2. The van der Waals surface area contributed by atoms with Crippen LogP contribution in [0.4, 0.5) is 22.1 Å². The number of nitrogens with zero attached hydrogens (tertiary/aromatic N) is 3. The van der Waals surface area contributed by atoms with E-state index in [4.69, 9.17) is 11.5 Å². The van der Waals surface area contributed by atoms with Gasteiger partial charge >= 0.3 is 6.03 Å². The molecule has 3 aromatic rings. The Hall–Kier alpha value is -4.12. The van der Waals surface area contributed by atoms with Gasteiger partial charge in [-0.05, 0) is 36.2 Å². The SMILES string of the molecule is Nc1ncnc(N)c1C#Cc1cccc(NC(=O)NCCc2cccnc2)c1. The highest BCUT2D eigenvalue weighted by Crippen LogP contribution is 2.13. The van der Waals surface area contributed by atoms with Crippen molar-refractivity contribution in [3.05, 3.63) is 71.8 Å². The van der Waals surface area contributed by atoms with Crippen molar-refractivity contribution < 1.29 is 4.79 Å². The average Bonchev–Trinajstić information content (AvgIpc) is 2.69. The molecule has 0 aliphatic carbocycles. The summed E-state index contributed by atoms with van der Waals surface area (Å²) < 4.78 is 0. The van der Waals surface area contributed by atoms with Crippen molar-refractivity contribution in [3.63, 3.8) is 0 Å². The van der Waals surface area contributed by atoms with Crippen molar-refractivity contribution in [2.24, 2.45) is 0 Å². The standard InChI is InChI=1S/C20H19N7O/c21-18-17(19(22)26-13-25-18)7-6-14-3-1-5-16(11-14)27-20(28)24-10-8-15-4-2-9-23-12-15/h1-5,9,11-13H,8,10H2,(H2,24,27,28)(H4,21,22,25,26). The number of hydrogen-bond acceptors (Lipinski definition) is 6. The van der Waals surface area contributed by atoms with Crippen molar-refractivity contribution in [1.29, 1.82) is 0 Å². The van der Waals surface area contributed by atoms with Crippen molar-refractivity contribution >= 4 is 23.4 Å². The lowest BCUT2D eigenvalue weighted by Crippen LogP contribution is -2.30. The fraction of sp³-hybridized carbons (Fsp3) is 0.100. The van der Waals surface area contributed by atoms with Gasteiger partial charge in [-0.15, -0.1) is 0 Å².